The van der Waals surface area contributed by atoms with E-state index in [0.29, 0.717) is 11.0 Å². The number of hydrogen-bond donors (Lipinski definition) is 4. The van der Waals surface area contributed by atoms with Crippen molar-refractivity contribution in [3.63, 3.8) is 0 Å². The predicted octanol–water partition coefficient (Wildman–Crippen LogP) is -9.31. The number of aliphatic hydroxyl groups is 3. The fourth-order valence-electron chi connectivity index (χ4n) is 2.23. The van der Waals surface area contributed by atoms with Crippen LogP contribution in [0.25, 0.3) is 11.0 Å². The zero-order chi connectivity index (χ0) is 16.8. The molecule has 0 amide bonds. The molecule has 2 aromatic rings. The molecule has 2 unspecified atom stereocenters. The molecule has 3 rings (SSSR count). The van der Waals surface area contributed by atoms with E-state index in [-0.39, 0.29) is 64.9 Å². The van der Waals surface area contributed by atoms with Gasteiger partial charge >= 0.3 is 59.1 Å². The van der Waals surface area contributed by atoms with Gasteiger partial charge in [0, 0.05) is 6.20 Å². The SMILES string of the molecule is O=P([O-])([O-])OC(O)[C@H]1OC(c2ncc3cn[nH]c3n2)[C@H](O)[C@@H]1O.[Na+].[Na+]. The molecule has 0 radical (unpaired) electrons. The second-order valence-corrected chi connectivity index (χ2v) is 5.95. The minimum atomic E-state index is -5.50. The first-order chi connectivity index (χ1) is 10.8. The molecule has 0 aliphatic carbocycles. The van der Waals surface area contributed by atoms with E-state index in [1.165, 1.54) is 12.4 Å². The van der Waals surface area contributed by atoms with Gasteiger partial charge in [0.15, 0.2) is 17.8 Å². The van der Waals surface area contributed by atoms with Crippen LogP contribution in [0, 0.1) is 0 Å². The Labute approximate surface area is 184 Å². The van der Waals surface area contributed by atoms with Crippen molar-refractivity contribution in [1.82, 2.24) is 20.2 Å². The van der Waals surface area contributed by atoms with Crippen LogP contribution in [0.1, 0.15) is 11.9 Å². The van der Waals surface area contributed by atoms with Crippen molar-refractivity contribution in [3.8, 4) is 0 Å². The topological polar surface area (TPSA) is 197 Å². The van der Waals surface area contributed by atoms with E-state index in [0.717, 1.165) is 0 Å². The van der Waals surface area contributed by atoms with E-state index in [1.54, 1.807) is 0 Å². The van der Waals surface area contributed by atoms with Crippen molar-refractivity contribution in [2.45, 2.75) is 30.7 Å². The molecule has 1 fully saturated rings. The number of aromatic amines is 1. The van der Waals surface area contributed by atoms with Crippen LogP contribution in [-0.4, -0.2) is 60.1 Å². The van der Waals surface area contributed by atoms with Crippen molar-refractivity contribution in [2.24, 2.45) is 0 Å². The van der Waals surface area contributed by atoms with E-state index in [1.807, 2.05) is 0 Å². The van der Waals surface area contributed by atoms with E-state index >= 15 is 0 Å². The molecule has 1 aliphatic heterocycles. The van der Waals surface area contributed by atoms with Crippen LogP contribution >= 0.6 is 7.82 Å². The molecule has 126 valence electrons. The Morgan fingerprint density at radius 2 is 1.96 bits per heavy atom. The van der Waals surface area contributed by atoms with Crippen LogP contribution in [0.3, 0.4) is 0 Å². The number of H-pyrrole nitrogens is 1. The van der Waals surface area contributed by atoms with Gasteiger partial charge in [0.2, 0.25) is 0 Å². The minimum absolute atomic E-state index is 0. The number of ether oxygens (including phenoxy) is 1. The summed E-state index contributed by atoms with van der Waals surface area (Å²) in [6.07, 6.45) is -5.64. The molecule has 0 spiro atoms. The van der Waals surface area contributed by atoms with Gasteiger partial charge in [-0.25, -0.2) is 9.97 Å². The van der Waals surface area contributed by atoms with Crippen LogP contribution in [-0.2, 0) is 13.8 Å². The summed E-state index contributed by atoms with van der Waals surface area (Å²) in [4.78, 5) is 29.0. The van der Waals surface area contributed by atoms with Crippen molar-refractivity contribution >= 4 is 18.9 Å². The first-order valence-corrected chi connectivity index (χ1v) is 7.78. The Bertz CT molecular complexity index is 759. The summed E-state index contributed by atoms with van der Waals surface area (Å²) in [6, 6.07) is 0. The van der Waals surface area contributed by atoms with Crippen LogP contribution in [0.4, 0.5) is 0 Å². The molecule has 15 heteroatoms. The van der Waals surface area contributed by atoms with E-state index in [2.05, 4.69) is 24.7 Å². The van der Waals surface area contributed by atoms with Gasteiger partial charge in [0.05, 0.1) is 19.4 Å². The molecule has 2 aromatic heterocycles. The average molecular weight is 392 g/mol. The third-order valence-corrected chi connectivity index (χ3v) is 3.76. The van der Waals surface area contributed by atoms with Crippen molar-refractivity contribution < 1.29 is 98.0 Å². The van der Waals surface area contributed by atoms with E-state index in [9.17, 15) is 29.7 Å². The zero-order valence-electron chi connectivity index (χ0n) is 13.2. The summed E-state index contributed by atoms with van der Waals surface area (Å²) in [5, 5.41) is 36.3. The van der Waals surface area contributed by atoms with Crippen molar-refractivity contribution in [2.75, 3.05) is 0 Å². The zero-order valence-corrected chi connectivity index (χ0v) is 18.1. The maximum atomic E-state index is 10.5. The molecule has 0 bridgehead atoms. The van der Waals surface area contributed by atoms with Crippen molar-refractivity contribution in [3.05, 3.63) is 18.2 Å². The van der Waals surface area contributed by atoms with Gasteiger partial charge in [0.25, 0.3) is 0 Å². The Kier molecular flexibility index (Phi) is 8.59. The van der Waals surface area contributed by atoms with E-state index in [4.69, 9.17) is 4.74 Å². The van der Waals surface area contributed by atoms with Gasteiger partial charge in [-0.3, -0.25) is 5.10 Å². The third-order valence-electron chi connectivity index (χ3n) is 3.28. The Morgan fingerprint density at radius 3 is 2.60 bits per heavy atom. The second-order valence-electron chi connectivity index (χ2n) is 4.85. The summed E-state index contributed by atoms with van der Waals surface area (Å²) >= 11 is 0. The number of aromatic nitrogens is 4. The number of fused-ring (bicyclic) bond motifs is 1. The standard InChI is InChI=1S/C10H13N4O8P.2Na/c15-4-5(16)7(10(17)22-23(18,19)20)21-6(4)9-11-1-3-2-12-14-8(3)13-9;;/h1-2,4-7,10,15-17H,(H2,18,19,20)(H,11,12,13,14);;/q;2*+1/p-2/t4-,5+,6?,7+,10?;;/m1../s1. The maximum Gasteiger partial charge on any atom is 1.00 e. The summed E-state index contributed by atoms with van der Waals surface area (Å²) in [5.41, 5.74) is 0.351. The van der Waals surface area contributed by atoms with Crippen LogP contribution in [0.15, 0.2) is 12.4 Å². The second kappa shape index (κ2) is 9.13. The normalized spacial score (nSPS) is 27.6. The number of phosphoric acid groups is 1. The molecule has 1 saturated heterocycles. The molecule has 5 atom stereocenters. The Balaban J connectivity index is 0.00000156. The van der Waals surface area contributed by atoms with Crippen LogP contribution in [0.5, 0.6) is 0 Å². The van der Waals surface area contributed by atoms with Gasteiger partial charge < -0.3 is 38.9 Å². The number of hydrogen-bond acceptors (Lipinski definition) is 11. The largest absolute Gasteiger partial charge is 1.00 e. The predicted molar refractivity (Wildman–Crippen MR) is 66.0 cm³/mol. The fourth-order valence-corrected chi connectivity index (χ4v) is 2.62. The molecule has 25 heavy (non-hydrogen) atoms. The monoisotopic (exact) mass is 392 g/mol. The average Bonchev–Trinajstić information content (AvgIpc) is 3.02. The third kappa shape index (κ3) is 5.27. The Hall–Kier alpha value is 0.500. The summed E-state index contributed by atoms with van der Waals surface area (Å²) in [6.45, 7) is 0. The Morgan fingerprint density at radius 1 is 1.28 bits per heavy atom. The minimum Gasteiger partial charge on any atom is -0.790 e. The number of phosphoric ester groups is 1. The van der Waals surface area contributed by atoms with Gasteiger partial charge in [-0.05, 0) is 0 Å². The van der Waals surface area contributed by atoms with Gasteiger partial charge in [0.1, 0.15) is 24.4 Å². The number of nitrogens with one attached hydrogen (secondary N) is 1. The summed E-state index contributed by atoms with van der Waals surface area (Å²) in [5.74, 6) is -0.0320. The molecule has 4 N–H and O–H groups in total. The molecule has 1 aliphatic rings. The van der Waals surface area contributed by atoms with Gasteiger partial charge in [-0.15, -0.1) is 0 Å². The fraction of sp³-hybridized carbons (Fsp3) is 0.500. The molecule has 0 aromatic carbocycles. The van der Waals surface area contributed by atoms with Gasteiger partial charge in [-0.2, -0.15) is 5.10 Å². The first kappa shape index (κ1) is 23.5. The number of aliphatic hydroxyl groups excluding tert-OH is 3. The summed E-state index contributed by atoms with van der Waals surface area (Å²) < 4.78 is 19.5. The van der Waals surface area contributed by atoms with E-state index < -0.39 is 38.5 Å². The van der Waals surface area contributed by atoms with Crippen LogP contribution in [0.2, 0.25) is 0 Å². The molecular weight excluding hydrogens is 381 g/mol. The number of rotatable bonds is 4. The van der Waals surface area contributed by atoms with Crippen LogP contribution < -0.4 is 68.9 Å². The molecule has 3 heterocycles. The van der Waals surface area contributed by atoms with Gasteiger partial charge in [-0.1, -0.05) is 0 Å². The maximum absolute atomic E-state index is 10.5. The summed E-state index contributed by atoms with van der Waals surface area (Å²) in [7, 11) is -5.50. The first-order valence-electron chi connectivity index (χ1n) is 6.32. The molecule has 0 saturated carbocycles. The molecule has 12 nitrogen and oxygen atoms in total. The molecular formula is C10H11N4Na2O8P. The van der Waals surface area contributed by atoms with Crippen molar-refractivity contribution in [1.29, 1.82) is 0 Å². The number of nitrogens with zero attached hydrogens (tertiary/aromatic N) is 3. The smallest absolute Gasteiger partial charge is 0.790 e. The quantitative estimate of drug-likeness (QED) is 0.219.